The van der Waals surface area contributed by atoms with E-state index in [1.54, 1.807) is 24.3 Å². The average molecular weight is 324 g/mol. The molecule has 0 heterocycles. The highest BCUT2D eigenvalue weighted by molar-refractivity contribution is 6.56. The first-order chi connectivity index (χ1) is 8.31. The molecule has 1 aliphatic carbocycles. The molecule has 1 aromatic carbocycles. The zero-order valence-corrected chi connectivity index (χ0v) is 12.2. The molecule has 0 radical (unpaired) electrons. The molecular formula is C12H10Cl4N2. The average Bonchev–Trinajstić information content (AvgIpc) is 2.18. The summed E-state index contributed by atoms with van der Waals surface area (Å²) in [5.74, 6) is 0. The second-order valence-electron chi connectivity index (χ2n) is 4.06. The van der Waals surface area contributed by atoms with Crippen molar-refractivity contribution in [1.82, 2.24) is 0 Å². The molecule has 0 saturated heterocycles. The molecule has 0 saturated carbocycles. The second-order valence-corrected chi connectivity index (χ2v) is 6.36. The SMILES string of the molecule is NC1=CC(Cl)=C(c2ccc(N)cc2Cl)C(Cl)(Cl)C1. The van der Waals surface area contributed by atoms with Crippen molar-refractivity contribution in [1.29, 1.82) is 0 Å². The molecule has 2 rings (SSSR count). The monoisotopic (exact) mass is 322 g/mol. The van der Waals surface area contributed by atoms with Crippen molar-refractivity contribution in [2.45, 2.75) is 10.8 Å². The Hall–Kier alpha value is -0.540. The topological polar surface area (TPSA) is 52.0 Å². The van der Waals surface area contributed by atoms with E-state index in [1.165, 1.54) is 0 Å². The van der Waals surface area contributed by atoms with Crippen LogP contribution in [-0.2, 0) is 0 Å². The summed E-state index contributed by atoms with van der Waals surface area (Å²) in [7, 11) is 0. The number of allylic oxidation sites excluding steroid dienone is 4. The standard InChI is InChI=1S/C12H10Cl4N2/c13-9-3-6(17)1-2-8(9)11-10(14)4-7(18)5-12(11,15)16/h1-4H,5,17-18H2. The van der Waals surface area contributed by atoms with Gasteiger partial charge in [-0.2, -0.15) is 0 Å². The normalized spacial score (nSPS) is 18.8. The van der Waals surface area contributed by atoms with Gasteiger partial charge in [0.25, 0.3) is 0 Å². The van der Waals surface area contributed by atoms with Crippen LogP contribution >= 0.6 is 46.4 Å². The lowest BCUT2D eigenvalue weighted by Gasteiger charge is -2.28. The molecular weight excluding hydrogens is 314 g/mol. The lowest BCUT2D eigenvalue weighted by molar-refractivity contribution is 0.902. The van der Waals surface area contributed by atoms with E-state index in [2.05, 4.69) is 0 Å². The van der Waals surface area contributed by atoms with E-state index in [1.807, 2.05) is 0 Å². The van der Waals surface area contributed by atoms with Crippen LogP contribution in [0, 0.1) is 0 Å². The van der Waals surface area contributed by atoms with Crippen LogP contribution in [0.2, 0.25) is 5.02 Å². The molecule has 0 amide bonds. The van der Waals surface area contributed by atoms with Crippen LogP contribution in [0.5, 0.6) is 0 Å². The Bertz CT molecular complexity index is 561. The fourth-order valence-electron chi connectivity index (χ4n) is 1.87. The zero-order chi connectivity index (χ0) is 13.5. The molecule has 0 unspecified atom stereocenters. The van der Waals surface area contributed by atoms with Gasteiger partial charge in [-0.05, 0) is 18.2 Å². The number of anilines is 1. The van der Waals surface area contributed by atoms with Gasteiger partial charge in [-0.25, -0.2) is 0 Å². The molecule has 0 atom stereocenters. The van der Waals surface area contributed by atoms with Crippen LogP contribution in [0.1, 0.15) is 12.0 Å². The van der Waals surface area contributed by atoms with Gasteiger partial charge in [0.05, 0.1) is 5.02 Å². The van der Waals surface area contributed by atoms with Gasteiger partial charge in [-0.3, -0.25) is 0 Å². The summed E-state index contributed by atoms with van der Waals surface area (Å²) >= 11 is 24.9. The largest absolute Gasteiger partial charge is 0.402 e. The van der Waals surface area contributed by atoms with Gasteiger partial charge in [-0.1, -0.05) is 52.5 Å². The van der Waals surface area contributed by atoms with Crippen LogP contribution in [0.3, 0.4) is 0 Å². The Balaban J connectivity index is 2.64. The Morgan fingerprint density at radius 1 is 1.11 bits per heavy atom. The van der Waals surface area contributed by atoms with Crippen LogP contribution in [0.25, 0.3) is 5.57 Å². The number of hydrogen-bond donors (Lipinski definition) is 2. The summed E-state index contributed by atoms with van der Waals surface area (Å²) in [4.78, 5) is 0. The summed E-state index contributed by atoms with van der Waals surface area (Å²) in [6.07, 6.45) is 1.93. The van der Waals surface area contributed by atoms with Crippen molar-refractivity contribution in [2.75, 3.05) is 5.73 Å². The molecule has 0 bridgehead atoms. The van der Waals surface area contributed by atoms with Crippen molar-refractivity contribution in [3.8, 4) is 0 Å². The van der Waals surface area contributed by atoms with Crippen molar-refractivity contribution in [3.05, 3.63) is 45.6 Å². The molecule has 1 aliphatic rings. The van der Waals surface area contributed by atoms with Gasteiger partial charge in [-0.15, -0.1) is 0 Å². The lowest BCUT2D eigenvalue weighted by Crippen LogP contribution is -2.23. The number of benzene rings is 1. The summed E-state index contributed by atoms with van der Waals surface area (Å²) in [5, 5.41) is 0.832. The van der Waals surface area contributed by atoms with E-state index >= 15 is 0 Å². The number of hydrogen-bond acceptors (Lipinski definition) is 2. The van der Waals surface area contributed by atoms with Crippen molar-refractivity contribution in [3.63, 3.8) is 0 Å². The van der Waals surface area contributed by atoms with Gasteiger partial charge in [0.2, 0.25) is 0 Å². The van der Waals surface area contributed by atoms with Crippen LogP contribution < -0.4 is 11.5 Å². The maximum Gasteiger partial charge on any atom is 0.150 e. The first kappa shape index (κ1) is 13.9. The van der Waals surface area contributed by atoms with E-state index in [0.29, 0.717) is 39.0 Å². The molecule has 0 aromatic heterocycles. The fraction of sp³-hybridized carbons (Fsp3) is 0.167. The maximum atomic E-state index is 6.29. The third-order valence-electron chi connectivity index (χ3n) is 2.61. The van der Waals surface area contributed by atoms with Gasteiger partial charge >= 0.3 is 0 Å². The Morgan fingerprint density at radius 2 is 1.78 bits per heavy atom. The summed E-state index contributed by atoms with van der Waals surface area (Å²) < 4.78 is -1.20. The summed E-state index contributed by atoms with van der Waals surface area (Å²) in [5.41, 5.74) is 13.7. The summed E-state index contributed by atoms with van der Waals surface area (Å²) in [6.45, 7) is 0. The van der Waals surface area contributed by atoms with Gasteiger partial charge in [0.15, 0.2) is 4.33 Å². The Morgan fingerprint density at radius 3 is 2.33 bits per heavy atom. The fourth-order valence-corrected chi connectivity index (χ4v) is 3.36. The summed E-state index contributed by atoms with van der Waals surface area (Å²) in [6, 6.07) is 5.08. The zero-order valence-electron chi connectivity index (χ0n) is 9.18. The van der Waals surface area contributed by atoms with Crippen LogP contribution in [0.15, 0.2) is 35.0 Å². The molecule has 0 spiro atoms. The minimum Gasteiger partial charge on any atom is -0.402 e. The van der Waals surface area contributed by atoms with Crippen LogP contribution in [0.4, 0.5) is 5.69 Å². The van der Waals surface area contributed by atoms with Crippen molar-refractivity contribution >= 4 is 57.7 Å². The number of halogens is 4. The van der Waals surface area contributed by atoms with Crippen molar-refractivity contribution < 1.29 is 0 Å². The smallest absolute Gasteiger partial charge is 0.150 e. The highest BCUT2D eigenvalue weighted by Gasteiger charge is 2.36. The Kier molecular flexibility index (Phi) is 3.75. The molecule has 4 N–H and O–H groups in total. The molecule has 0 fully saturated rings. The molecule has 18 heavy (non-hydrogen) atoms. The first-order valence-corrected chi connectivity index (χ1v) is 6.62. The second kappa shape index (κ2) is 4.86. The van der Waals surface area contributed by atoms with E-state index in [-0.39, 0.29) is 0 Å². The molecule has 0 aliphatic heterocycles. The molecule has 2 nitrogen and oxygen atoms in total. The number of alkyl halides is 2. The third-order valence-corrected chi connectivity index (χ3v) is 3.86. The van der Waals surface area contributed by atoms with Crippen LogP contribution in [-0.4, -0.2) is 4.33 Å². The minimum absolute atomic E-state index is 0.294. The minimum atomic E-state index is -1.20. The number of nitrogen functional groups attached to an aromatic ring is 1. The molecule has 6 heteroatoms. The molecule has 1 aromatic rings. The lowest BCUT2D eigenvalue weighted by atomic mass is 9.94. The predicted octanol–water partition coefficient (Wildman–Crippen LogP) is 4.29. The maximum absolute atomic E-state index is 6.29. The van der Waals surface area contributed by atoms with E-state index < -0.39 is 4.33 Å². The van der Waals surface area contributed by atoms with E-state index in [4.69, 9.17) is 57.9 Å². The van der Waals surface area contributed by atoms with Gasteiger partial charge in [0, 0.05) is 34.0 Å². The number of nitrogens with two attached hydrogens (primary N) is 2. The van der Waals surface area contributed by atoms with E-state index in [9.17, 15) is 0 Å². The number of rotatable bonds is 1. The quantitative estimate of drug-likeness (QED) is 0.598. The Labute approximate surface area is 125 Å². The highest BCUT2D eigenvalue weighted by Crippen LogP contribution is 2.48. The third kappa shape index (κ3) is 2.57. The van der Waals surface area contributed by atoms with Gasteiger partial charge in [0.1, 0.15) is 0 Å². The predicted molar refractivity (Wildman–Crippen MR) is 80.0 cm³/mol. The molecule has 96 valence electrons. The highest BCUT2D eigenvalue weighted by atomic mass is 35.5. The van der Waals surface area contributed by atoms with E-state index in [0.717, 1.165) is 0 Å². The van der Waals surface area contributed by atoms with Crippen molar-refractivity contribution in [2.24, 2.45) is 5.73 Å². The first-order valence-electron chi connectivity index (χ1n) is 5.11. The van der Waals surface area contributed by atoms with Gasteiger partial charge < -0.3 is 11.5 Å².